The van der Waals surface area contributed by atoms with Gasteiger partial charge in [-0.2, -0.15) is 0 Å². The van der Waals surface area contributed by atoms with Crippen molar-refractivity contribution in [2.45, 2.75) is 26.3 Å². The highest BCUT2D eigenvalue weighted by atomic mass is 16.4. The van der Waals surface area contributed by atoms with Crippen molar-refractivity contribution in [3.8, 4) is 0 Å². The van der Waals surface area contributed by atoms with Crippen molar-refractivity contribution in [3.05, 3.63) is 0 Å². The van der Waals surface area contributed by atoms with E-state index in [1.807, 2.05) is 6.92 Å². The Kier molecular flexibility index (Phi) is 2.35. The molecule has 0 spiro atoms. The molecule has 0 radical (unpaired) electrons. The highest BCUT2D eigenvalue weighted by Gasteiger charge is 2.39. The van der Waals surface area contributed by atoms with Gasteiger partial charge >= 0.3 is 5.97 Å². The molecule has 12 heavy (non-hydrogen) atoms. The number of amides is 1. The first-order valence-electron chi connectivity index (χ1n) is 4.10. The van der Waals surface area contributed by atoms with Crippen LogP contribution in [0.1, 0.15) is 20.3 Å². The van der Waals surface area contributed by atoms with Gasteiger partial charge in [-0.25, -0.2) is 0 Å². The lowest BCUT2D eigenvalue weighted by molar-refractivity contribution is -0.142. The Bertz CT molecular complexity index is 214. The van der Waals surface area contributed by atoms with Crippen molar-refractivity contribution in [1.82, 2.24) is 4.90 Å². The first kappa shape index (κ1) is 9.03. The zero-order valence-electron chi connectivity index (χ0n) is 7.28. The molecule has 1 N–H and O–H groups in total. The molecule has 1 aliphatic heterocycles. The molecule has 1 fully saturated rings. The second kappa shape index (κ2) is 3.13. The number of carbonyl (C=O) groups is 2. The molecule has 0 bridgehead atoms. The van der Waals surface area contributed by atoms with Gasteiger partial charge in [-0.05, 0) is 13.8 Å². The van der Waals surface area contributed by atoms with Gasteiger partial charge in [-0.1, -0.05) is 0 Å². The lowest BCUT2D eigenvalue weighted by Crippen LogP contribution is -2.34. The van der Waals surface area contributed by atoms with Crippen LogP contribution >= 0.6 is 0 Å². The number of nitrogens with zero attached hydrogens (tertiary/aromatic N) is 1. The van der Waals surface area contributed by atoms with Crippen LogP contribution in [0.2, 0.25) is 0 Å². The molecule has 1 saturated heterocycles. The van der Waals surface area contributed by atoms with Crippen LogP contribution < -0.4 is 0 Å². The summed E-state index contributed by atoms with van der Waals surface area (Å²) in [6.07, 6.45) is 0.157. The zero-order chi connectivity index (χ0) is 9.30. The summed E-state index contributed by atoms with van der Waals surface area (Å²) in [5, 5.41) is 8.74. The van der Waals surface area contributed by atoms with Crippen molar-refractivity contribution < 1.29 is 14.7 Å². The van der Waals surface area contributed by atoms with Crippen molar-refractivity contribution >= 4 is 11.9 Å². The van der Waals surface area contributed by atoms with Gasteiger partial charge in [0.2, 0.25) is 5.91 Å². The van der Waals surface area contributed by atoms with E-state index in [-0.39, 0.29) is 18.4 Å². The zero-order valence-corrected chi connectivity index (χ0v) is 7.28. The van der Waals surface area contributed by atoms with E-state index in [2.05, 4.69) is 0 Å². The van der Waals surface area contributed by atoms with Crippen LogP contribution in [0.4, 0.5) is 0 Å². The number of rotatable bonds is 2. The van der Waals surface area contributed by atoms with Crippen molar-refractivity contribution in [2.75, 3.05) is 6.54 Å². The molecule has 0 aromatic heterocycles. The fraction of sp³-hybridized carbons (Fsp3) is 0.750. The summed E-state index contributed by atoms with van der Waals surface area (Å²) in [5.74, 6) is -1.43. The molecular formula is C8H13NO3. The van der Waals surface area contributed by atoms with Crippen molar-refractivity contribution in [1.29, 1.82) is 0 Å². The molecule has 4 nitrogen and oxygen atoms in total. The molecule has 1 heterocycles. The number of hydrogen-bond donors (Lipinski definition) is 1. The van der Waals surface area contributed by atoms with E-state index in [9.17, 15) is 9.59 Å². The standard InChI is InChI=1S/C8H13NO3/c1-3-9-5(2)6(8(11)12)4-7(9)10/h5-6H,3-4H2,1-2H3,(H,11,12)/t5-,6+/m1/s1. The second-order valence-electron chi connectivity index (χ2n) is 3.07. The van der Waals surface area contributed by atoms with Crippen LogP contribution in [0.3, 0.4) is 0 Å². The van der Waals surface area contributed by atoms with Gasteiger partial charge in [-0.3, -0.25) is 9.59 Å². The third-order valence-corrected chi connectivity index (χ3v) is 2.45. The first-order chi connectivity index (χ1) is 5.57. The predicted molar refractivity (Wildman–Crippen MR) is 42.6 cm³/mol. The van der Waals surface area contributed by atoms with Gasteiger partial charge in [0.25, 0.3) is 0 Å². The van der Waals surface area contributed by atoms with Gasteiger partial charge in [0, 0.05) is 19.0 Å². The average Bonchev–Trinajstić information content (AvgIpc) is 2.27. The quantitative estimate of drug-likeness (QED) is 0.651. The Morgan fingerprint density at radius 2 is 2.33 bits per heavy atom. The summed E-state index contributed by atoms with van der Waals surface area (Å²) in [6.45, 7) is 4.25. The maximum atomic E-state index is 11.2. The number of likely N-dealkylation sites (tertiary alicyclic amines) is 1. The van der Waals surface area contributed by atoms with Gasteiger partial charge in [-0.15, -0.1) is 0 Å². The summed E-state index contributed by atoms with van der Waals surface area (Å²) in [6, 6.07) is -0.153. The fourth-order valence-corrected chi connectivity index (χ4v) is 1.68. The summed E-state index contributed by atoms with van der Waals surface area (Å²) in [5.41, 5.74) is 0. The summed E-state index contributed by atoms with van der Waals surface area (Å²) in [4.78, 5) is 23.4. The molecule has 0 aliphatic carbocycles. The molecule has 68 valence electrons. The third kappa shape index (κ3) is 1.29. The molecule has 2 atom stereocenters. The monoisotopic (exact) mass is 171 g/mol. The normalized spacial score (nSPS) is 29.5. The smallest absolute Gasteiger partial charge is 0.309 e. The Balaban J connectivity index is 2.75. The van der Waals surface area contributed by atoms with Gasteiger partial charge in [0.05, 0.1) is 5.92 Å². The number of carbonyl (C=O) groups excluding carboxylic acids is 1. The highest BCUT2D eigenvalue weighted by molar-refractivity contribution is 5.86. The van der Waals surface area contributed by atoms with Crippen molar-refractivity contribution in [2.24, 2.45) is 5.92 Å². The van der Waals surface area contributed by atoms with Gasteiger partial charge in [0.1, 0.15) is 0 Å². The lowest BCUT2D eigenvalue weighted by Gasteiger charge is -2.20. The molecule has 1 amide bonds. The van der Waals surface area contributed by atoms with Crippen LogP contribution in [0.25, 0.3) is 0 Å². The molecule has 1 rings (SSSR count). The summed E-state index contributed by atoms with van der Waals surface area (Å²) in [7, 11) is 0. The van der Waals surface area contributed by atoms with Gasteiger partial charge in [0.15, 0.2) is 0 Å². The molecule has 1 aliphatic rings. The first-order valence-corrected chi connectivity index (χ1v) is 4.10. The van der Waals surface area contributed by atoms with E-state index in [0.717, 1.165) is 0 Å². The Morgan fingerprint density at radius 3 is 2.58 bits per heavy atom. The minimum Gasteiger partial charge on any atom is -0.481 e. The topological polar surface area (TPSA) is 57.6 Å². The van der Waals surface area contributed by atoms with E-state index in [1.165, 1.54) is 0 Å². The summed E-state index contributed by atoms with van der Waals surface area (Å²) >= 11 is 0. The number of carboxylic acids is 1. The minimum atomic E-state index is -0.869. The van der Waals surface area contributed by atoms with E-state index in [4.69, 9.17) is 5.11 Å². The molecule has 0 unspecified atom stereocenters. The van der Waals surface area contributed by atoms with Crippen LogP contribution in [-0.4, -0.2) is 34.5 Å². The van der Waals surface area contributed by atoms with Crippen LogP contribution in [0.15, 0.2) is 0 Å². The van der Waals surface area contributed by atoms with Crippen molar-refractivity contribution in [3.63, 3.8) is 0 Å². The molecule has 4 heteroatoms. The molecular weight excluding hydrogens is 158 g/mol. The van der Waals surface area contributed by atoms with E-state index >= 15 is 0 Å². The maximum absolute atomic E-state index is 11.2. The van der Waals surface area contributed by atoms with Gasteiger partial charge < -0.3 is 10.0 Å². The Morgan fingerprint density at radius 1 is 1.75 bits per heavy atom. The van der Waals surface area contributed by atoms with Crippen LogP contribution in [-0.2, 0) is 9.59 Å². The predicted octanol–water partition coefficient (Wildman–Crippen LogP) is 0.328. The number of carboxylic acid groups (broad SMARTS) is 1. The largest absolute Gasteiger partial charge is 0.481 e. The van der Waals surface area contributed by atoms with Crippen LogP contribution in [0, 0.1) is 5.92 Å². The average molecular weight is 171 g/mol. The van der Waals surface area contributed by atoms with Crippen LogP contribution in [0.5, 0.6) is 0 Å². The minimum absolute atomic E-state index is 0.0441. The van der Waals surface area contributed by atoms with E-state index < -0.39 is 11.9 Å². The lowest BCUT2D eigenvalue weighted by atomic mass is 10.0. The fourth-order valence-electron chi connectivity index (χ4n) is 1.68. The Labute approximate surface area is 71.2 Å². The Hall–Kier alpha value is -1.06. The second-order valence-corrected chi connectivity index (χ2v) is 3.07. The highest BCUT2D eigenvalue weighted by Crippen LogP contribution is 2.24. The molecule has 0 aromatic rings. The van der Waals surface area contributed by atoms with E-state index in [0.29, 0.717) is 6.54 Å². The van der Waals surface area contributed by atoms with E-state index in [1.54, 1.807) is 11.8 Å². The molecule has 0 aromatic carbocycles. The molecule has 0 saturated carbocycles. The summed E-state index contributed by atoms with van der Waals surface area (Å²) < 4.78 is 0. The SMILES string of the molecule is CCN1C(=O)C[C@H](C(=O)O)[C@H]1C. The third-order valence-electron chi connectivity index (χ3n) is 2.45. The maximum Gasteiger partial charge on any atom is 0.309 e. The number of hydrogen-bond acceptors (Lipinski definition) is 2. The number of aliphatic carboxylic acids is 1.